The molecule has 0 amide bonds. The number of hydrogen-bond donors (Lipinski definition) is 2. The second-order valence-electron chi connectivity index (χ2n) is 3.81. The molecule has 0 fully saturated rings. The van der Waals surface area contributed by atoms with Crippen LogP contribution in [0.5, 0.6) is 0 Å². The zero-order valence-electron chi connectivity index (χ0n) is 9.48. The lowest BCUT2D eigenvalue weighted by molar-refractivity contribution is -0.221. The van der Waals surface area contributed by atoms with Gasteiger partial charge in [-0.15, -0.1) is 0 Å². The summed E-state index contributed by atoms with van der Waals surface area (Å²) in [5.41, 5.74) is -0.0569. The van der Waals surface area contributed by atoms with Gasteiger partial charge in [0, 0.05) is 19.1 Å². The predicted molar refractivity (Wildman–Crippen MR) is 54.4 cm³/mol. The highest BCUT2D eigenvalue weighted by Crippen LogP contribution is 2.18. The summed E-state index contributed by atoms with van der Waals surface area (Å²) in [7, 11) is 0. The predicted octanol–water partition coefficient (Wildman–Crippen LogP) is 1.86. The first kappa shape index (κ1) is 12.9. The highest BCUT2D eigenvalue weighted by Gasteiger charge is 2.30. The van der Waals surface area contributed by atoms with Crippen molar-refractivity contribution >= 4 is 0 Å². The summed E-state index contributed by atoms with van der Waals surface area (Å²) in [5.74, 6) is -1.21. The SMILES string of the molecule is CCOC(C)(O)NC(C)(CC)CC. The number of ether oxygens (including phenoxy) is 1. The van der Waals surface area contributed by atoms with E-state index in [0.717, 1.165) is 12.8 Å². The van der Waals surface area contributed by atoms with Gasteiger partial charge in [-0.3, -0.25) is 5.32 Å². The van der Waals surface area contributed by atoms with Gasteiger partial charge in [-0.2, -0.15) is 0 Å². The Morgan fingerprint density at radius 3 is 1.92 bits per heavy atom. The summed E-state index contributed by atoms with van der Waals surface area (Å²) >= 11 is 0. The maximum absolute atomic E-state index is 9.78. The van der Waals surface area contributed by atoms with Crippen molar-refractivity contribution in [3.63, 3.8) is 0 Å². The first-order chi connectivity index (χ1) is 5.89. The van der Waals surface area contributed by atoms with Crippen molar-refractivity contribution in [3.05, 3.63) is 0 Å². The summed E-state index contributed by atoms with van der Waals surface area (Å²) in [6.07, 6.45) is 1.93. The van der Waals surface area contributed by atoms with Crippen molar-refractivity contribution in [2.75, 3.05) is 6.61 Å². The molecule has 3 heteroatoms. The molecule has 0 aliphatic rings. The largest absolute Gasteiger partial charge is 0.353 e. The van der Waals surface area contributed by atoms with Crippen LogP contribution in [0.15, 0.2) is 0 Å². The third-order valence-corrected chi connectivity index (χ3v) is 2.52. The third kappa shape index (κ3) is 4.60. The van der Waals surface area contributed by atoms with E-state index in [1.807, 2.05) is 6.92 Å². The van der Waals surface area contributed by atoms with E-state index in [1.54, 1.807) is 6.92 Å². The molecule has 1 unspecified atom stereocenters. The molecule has 0 aromatic rings. The molecule has 13 heavy (non-hydrogen) atoms. The van der Waals surface area contributed by atoms with Gasteiger partial charge in [-0.25, -0.2) is 0 Å². The van der Waals surface area contributed by atoms with E-state index in [1.165, 1.54) is 0 Å². The normalized spacial score (nSPS) is 17.1. The average molecular weight is 189 g/mol. The van der Waals surface area contributed by atoms with Gasteiger partial charge >= 0.3 is 0 Å². The van der Waals surface area contributed by atoms with Crippen LogP contribution < -0.4 is 5.32 Å². The van der Waals surface area contributed by atoms with Gasteiger partial charge in [-0.1, -0.05) is 13.8 Å². The quantitative estimate of drug-likeness (QED) is 0.627. The summed E-state index contributed by atoms with van der Waals surface area (Å²) in [6, 6.07) is 0. The minimum absolute atomic E-state index is 0.0569. The van der Waals surface area contributed by atoms with Crippen LogP contribution in [0.3, 0.4) is 0 Å². The lowest BCUT2D eigenvalue weighted by Crippen LogP contribution is -2.56. The maximum atomic E-state index is 9.78. The Kier molecular flexibility index (Phi) is 4.89. The van der Waals surface area contributed by atoms with Gasteiger partial charge in [-0.05, 0) is 26.7 Å². The molecule has 2 N–H and O–H groups in total. The minimum Gasteiger partial charge on any atom is -0.353 e. The standard InChI is InChI=1S/C10H23NO2/c1-6-9(4,7-2)11-10(5,12)13-8-3/h11-12H,6-8H2,1-5H3. The molecule has 0 bridgehead atoms. The fourth-order valence-corrected chi connectivity index (χ4v) is 1.30. The van der Waals surface area contributed by atoms with Crippen molar-refractivity contribution in [2.45, 2.75) is 58.9 Å². The van der Waals surface area contributed by atoms with Crippen molar-refractivity contribution in [3.8, 4) is 0 Å². The fourth-order valence-electron chi connectivity index (χ4n) is 1.30. The van der Waals surface area contributed by atoms with E-state index in [4.69, 9.17) is 4.74 Å². The van der Waals surface area contributed by atoms with E-state index in [9.17, 15) is 5.11 Å². The Labute approximate surface area is 81.5 Å². The molecular weight excluding hydrogens is 166 g/mol. The smallest absolute Gasteiger partial charge is 0.222 e. The number of aliphatic hydroxyl groups is 1. The Bertz CT molecular complexity index is 142. The molecule has 0 spiro atoms. The molecule has 3 nitrogen and oxygen atoms in total. The van der Waals surface area contributed by atoms with Gasteiger partial charge < -0.3 is 9.84 Å². The average Bonchev–Trinajstić information content (AvgIpc) is 2.03. The molecule has 0 aliphatic heterocycles. The molecule has 0 aromatic carbocycles. The fraction of sp³-hybridized carbons (Fsp3) is 1.00. The van der Waals surface area contributed by atoms with Crippen molar-refractivity contribution in [2.24, 2.45) is 0 Å². The molecular formula is C10H23NO2. The Morgan fingerprint density at radius 1 is 1.15 bits per heavy atom. The summed E-state index contributed by atoms with van der Waals surface area (Å²) in [6.45, 7) is 10.3. The van der Waals surface area contributed by atoms with Gasteiger partial charge in [0.2, 0.25) is 5.91 Å². The van der Waals surface area contributed by atoms with E-state index in [0.29, 0.717) is 6.61 Å². The molecule has 0 aromatic heterocycles. The van der Waals surface area contributed by atoms with Crippen LogP contribution in [0.25, 0.3) is 0 Å². The van der Waals surface area contributed by atoms with Crippen molar-refractivity contribution in [1.29, 1.82) is 0 Å². The van der Waals surface area contributed by atoms with Crippen LogP contribution in [0, 0.1) is 0 Å². The van der Waals surface area contributed by atoms with Crippen molar-refractivity contribution in [1.82, 2.24) is 5.32 Å². The van der Waals surface area contributed by atoms with Gasteiger partial charge in [0.25, 0.3) is 0 Å². The number of hydrogen-bond acceptors (Lipinski definition) is 3. The Morgan fingerprint density at radius 2 is 1.62 bits per heavy atom. The summed E-state index contributed by atoms with van der Waals surface area (Å²) in [5, 5.41) is 12.9. The maximum Gasteiger partial charge on any atom is 0.222 e. The zero-order valence-corrected chi connectivity index (χ0v) is 9.48. The van der Waals surface area contributed by atoms with Crippen LogP contribution in [-0.4, -0.2) is 23.2 Å². The topological polar surface area (TPSA) is 41.5 Å². The number of rotatable bonds is 6. The first-order valence-electron chi connectivity index (χ1n) is 5.04. The van der Waals surface area contributed by atoms with E-state index in [-0.39, 0.29) is 5.54 Å². The lowest BCUT2D eigenvalue weighted by Gasteiger charge is -2.36. The van der Waals surface area contributed by atoms with Gasteiger partial charge in [0.05, 0.1) is 0 Å². The van der Waals surface area contributed by atoms with Crippen LogP contribution in [0.2, 0.25) is 0 Å². The first-order valence-corrected chi connectivity index (χ1v) is 5.04. The van der Waals surface area contributed by atoms with Crippen LogP contribution in [0.1, 0.15) is 47.5 Å². The number of nitrogens with one attached hydrogen (secondary N) is 1. The molecule has 0 aliphatic carbocycles. The molecule has 0 saturated carbocycles. The molecule has 0 rings (SSSR count). The molecule has 0 radical (unpaired) electrons. The zero-order chi connectivity index (χ0) is 10.5. The van der Waals surface area contributed by atoms with E-state index in [2.05, 4.69) is 26.1 Å². The van der Waals surface area contributed by atoms with E-state index < -0.39 is 5.91 Å². The van der Waals surface area contributed by atoms with Crippen LogP contribution >= 0.6 is 0 Å². The molecule has 0 saturated heterocycles. The monoisotopic (exact) mass is 189 g/mol. The highest BCUT2D eigenvalue weighted by atomic mass is 16.6. The molecule has 80 valence electrons. The molecule has 1 atom stereocenters. The third-order valence-electron chi connectivity index (χ3n) is 2.52. The Balaban J connectivity index is 4.21. The van der Waals surface area contributed by atoms with Crippen LogP contribution in [-0.2, 0) is 4.74 Å². The Hall–Kier alpha value is -0.120. The van der Waals surface area contributed by atoms with Gasteiger partial charge in [0.1, 0.15) is 0 Å². The van der Waals surface area contributed by atoms with E-state index >= 15 is 0 Å². The second kappa shape index (κ2) is 4.94. The van der Waals surface area contributed by atoms with Gasteiger partial charge in [0.15, 0.2) is 0 Å². The lowest BCUT2D eigenvalue weighted by atomic mass is 9.95. The minimum atomic E-state index is -1.21. The van der Waals surface area contributed by atoms with Crippen LogP contribution in [0.4, 0.5) is 0 Å². The second-order valence-corrected chi connectivity index (χ2v) is 3.81. The summed E-state index contributed by atoms with van der Waals surface area (Å²) < 4.78 is 5.17. The van der Waals surface area contributed by atoms with Crippen molar-refractivity contribution < 1.29 is 9.84 Å². The highest BCUT2D eigenvalue weighted by molar-refractivity contribution is 4.82. The summed E-state index contributed by atoms with van der Waals surface area (Å²) in [4.78, 5) is 0. The molecule has 0 heterocycles.